The zero-order valence-corrected chi connectivity index (χ0v) is 18.8. The van der Waals surface area contributed by atoms with Gasteiger partial charge in [-0.1, -0.05) is 24.3 Å². The summed E-state index contributed by atoms with van der Waals surface area (Å²) < 4.78 is 22.2. The average Bonchev–Trinajstić information content (AvgIpc) is 3.17. The number of esters is 1. The first-order chi connectivity index (χ1) is 16.9. The fourth-order valence-electron chi connectivity index (χ4n) is 4.22. The molecule has 176 valence electrons. The van der Waals surface area contributed by atoms with Gasteiger partial charge in [-0.15, -0.1) is 0 Å². The summed E-state index contributed by atoms with van der Waals surface area (Å²) in [5.74, 6) is 0.334. The molecule has 2 heterocycles. The van der Waals surface area contributed by atoms with Crippen LogP contribution >= 0.6 is 0 Å². The summed E-state index contributed by atoms with van der Waals surface area (Å²) in [6, 6.07) is 17.5. The normalized spacial score (nSPS) is 17.3. The van der Waals surface area contributed by atoms with Crippen LogP contribution in [0.4, 0.5) is 0 Å². The first kappa shape index (κ1) is 22.2. The molecule has 1 atom stereocenters. The Morgan fingerprint density at radius 1 is 1.06 bits per heavy atom. The maximum atomic E-state index is 13.1. The zero-order valence-electron chi connectivity index (χ0n) is 18.8. The van der Waals surface area contributed by atoms with Gasteiger partial charge in [0.05, 0.1) is 19.1 Å². The number of fused-ring (bicyclic) bond motifs is 3. The maximum absolute atomic E-state index is 13.1. The molecular formula is C27H21NO7. The Kier molecular flexibility index (Phi) is 5.70. The lowest BCUT2D eigenvalue weighted by Gasteiger charge is -2.26. The van der Waals surface area contributed by atoms with E-state index in [2.05, 4.69) is 0 Å². The highest BCUT2D eigenvalue weighted by Gasteiger charge is 2.38. The largest absolute Gasteiger partial charge is 0.497 e. The van der Waals surface area contributed by atoms with Crippen LogP contribution in [-0.4, -0.2) is 31.4 Å². The van der Waals surface area contributed by atoms with Gasteiger partial charge in [0.15, 0.2) is 12.4 Å². The molecule has 0 saturated heterocycles. The number of methoxy groups -OCH3 is 1. The lowest BCUT2D eigenvalue weighted by atomic mass is 9.84. The topological polar surface area (TPSA) is 114 Å². The molecule has 0 saturated carbocycles. The van der Waals surface area contributed by atoms with E-state index in [9.17, 15) is 14.4 Å². The Morgan fingerprint density at radius 2 is 1.86 bits per heavy atom. The number of Topliss-reactive ketones (excluding diaryl/α,β-unsaturated/α-hetero) is 1. The summed E-state index contributed by atoms with van der Waals surface area (Å²) in [5, 5.41) is 0. The summed E-state index contributed by atoms with van der Waals surface area (Å²) >= 11 is 0. The van der Waals surface area contributed by atoms with Crippen molar-refractivity contribution in [2.45, 2.75) is 12.3 Å². The van der Waals surface area contributed by atoms with E-state index in [-0.39, 0.29) is 24.6 Å². The molecule has 8 heteroatoms. The van der Waals surface area contributed by atoms with Crippen molar-refractivity contribution in [3.05, 3.63) is 88.7 Å². The van der Waals surface area contributed by atoms with E-state index in [0.717, 1.165) is 11.1 Å². The van der Waals surface area contributed by atoms with Crippen LogP contribution in [0.15, 0.2) is 66.4 Å². The van der Waals surface area contributed by atoms with Gasteiger partial charge in [0, 0.05) is 11.5 Å². The van der Waals surface area contributed by atoms with Gasteiger partial charge in [0.2, 0.25) is 5.78 Å². The lowest BCUT2D eigenvalue weighted by Crippen LogP contribution is -2.22. The number of carbonyl (C=O) groups excluding carboxylic acids is 3. The number of nitrogens with two attached hydrogens (primary N) is 1. The van der Waals surface area contributed by atoms with Crippen LogP contribution in [0, 0.1) is 0 Å². The zero-order chi connectivity index (χ0) is 24.5. The van der Waals surface area contributed by atoms with Crippen LogP contribution in [0.2, 0.25) is 0 Å². The van der Waals surface area contributed by atoms with E-state index in [0.29, 0.717) is 34.1 Å². The maximum Gasteiger partial charge on any atom is 0.312 e. The van der Waals surface area contributed by atoms with Crippen molar-refractivity contribution in [2.75, 3.05) is 13.7 Å². The van der Waals surface area contributed by atoms with E-state index < -0.39 is 17.8 Å². The molecule has 0 bridgehead atoms. The number of ketones is 1. The third-order valence-corrected chi connectivity index (χ3v) is 5.83. The minimum atomic E-state index is -0.595. The van der Waals surface area contributed by atoms with Gasteiger partial charge >= 0.3 is 5.97 Å². The molecule has 5 rings (SSSR count). The van der Waals surface area contributed by atoms with Crippen LogP contribution in [0.1, 0.15) is 39.4 Å². The first-order valence-corrected chi connectivity index (χ1v) is 10.9. The Morgan fingerprint density at radius 3 is 2.60 bits per heavy atom. The van der Waals surface area contributed by atoms with E-state index in [1.54, 1.807) is 55.7 Å². The number of amides is 1. The molecule has 1 amide bonds. The molecule has 2 aliphatic heterocycles. The number of benzene rings is 3. The molecule has 0 unspecified atom stereocenters. The van der Waals surface area contributed by atoms with Gasteiger partial charge in [0.1, 0.15) is 23.0 Å². The summed E-state index contributed by atoms with van der Waals surface area (Å²) in [6.07, 6.45) is 1.72. The van der Waals surface area contributed by atoms with Crippen LogP contribution in [0.5, 0.6) is 23.0 Å². The number of carbonyl (C=O) groups is 3. The first-order valence-electron chi connectivity index (χ1n) is 10.9. The van der Waals surface area contributed by atoms with Crippen molar-refractivity contribution in [1.82, 2.24) is 0 Å². The minimum Gasteiger partial charge on any atom is -0.497 e. The van der Waals surface area contributed by atoms with Crippen molar-refractivity contribution in [1.29, 1.82) is 0 Å². The fraction of sp³-hybridized carbons (Fsp3) is 0.148. The van der Waals surface area contributed by atoms with Gasteiger partial charge in [0.25, 0.3) is 5.91 Å². The molecule has 2 aliphatic rings. The average molecular weight is 471 g/mol. The third kappa shape index (κ3) is 4.33. The van der Waals surface area contributed by atoms with Gasteiger partial charge in [-0.05, 0) is 53.6 Å². The Bertz CT molecular complexity index is 1370. The number of ether oxygens (including phenoxy) is 4. The summed E-state index contributed by atoms with van der Waals surface area (Å²) in [4.78, 5) is 36.6. The van der Waals surface area contributed by atoms with Gasteiger partial charge in [-0.25, -0.2) is 0 Å². The third-order valence-electron chi connectivity index (χ3n) is 5.83. The van der Waals surface area contributed by atoms with Crippen LogP contribution in [0.3, 0.4) is 0 Å². The highest BCUT2D eigenvalue weighted by molar-refractivity contribution is 6.15. The highest BCUT2D eigenvalue weighted by Crippen LogP contribution is 2.49. The minimum absolute atomic E-state index is 0.0534. The van der Waals surface area contributed by atoms with Crippen molar-refractivity contribution in [3.8, 4) is 23.0 Å². The number of hydrogen-bond donors (Lipinski definition) is 1. The molecular weight excluding hydrogens is 450 g/mol. The van der Waals surface area contributed by atoms with Crippen molar-refractivity contribution >= 4 is 23.7 Å². The van der Waals surface area contributed by atoms with Crippen LogP contribution in [0.25, 0.3) is 6.08 Å². The quantitative estimate of drug-likeness (QED) is 0.332. The molecule has 0 aliphatic carbocycles. The van der Waals surface area contributed by atoms with Gasteiger partial charge < -0.3 is 24.7 Å². The van der Waals surface area contributed by atoms with Gasteiger partial charge in [-0.2, -0.15) is 0 Å². The molecule has 0 spiro atoms. The van der Waals surface area contributed by atoms with E-state index in [1.165, 1.54) is 0 Å². The van der Waals surface area contributed by atoms with E-state index in [4.69, 9.17) is 24.7 Å². The highest BCUT2D eigenvalue weighted by atomic mass is 16.5. The smallest absolute Gasteiger partial charge is 0.312 e. The van der Waals surface area contributed by atoms with Crippen LogP contribution < -0.4 is 24.7 Å². The summed E-state index contributed by atoms with van der Waals surface area (Å²) in [5.41, 5.74) is 7.71. The molecule has 3 aromatic carbocycles. The van der Waals surface area contributed by atoms with Crippen molar-refractivity contribution < 1.29 is 33.3 Å². The standard InChI is InChI=1S/C27H21NO7/c1-32-17-7-5-15(6-8-17)11-22-26(31)19-9-10-21-25(27(19)35-22)20(13-24(30)34-21)16-3-2-4-18(12-16)33-14-23(28)29/h2-12,20H,13-14H2,1H3,(H2,28,29)/b22-11-/t20-/m0/s1. The molecule has 0 fully saturated rings. The van der Waals surface area contributed by atoms with E-state index >= 15 is 0 Å². The lowest BCUT2D eigenvalue weighted by molar-refractivity contribution is -0.135. The second-order valence-corrected chi connectivity index (χ2v) is 8.13. The van der Waals surface area contributed by atoms with Gasteiger partial charge in [-0.3, -0.25) is 14.4 Å². The second kappa shape index (κ2) is 8.98. The molecule has 0 radical (unpaired) electrons. The van der Waals surface area contributed by atoms with Crippen molar-refractivity contribution in [2.24, 2.45) is 5.73 Å². The number of rotatable bonds is 6. The Hall–Kier alpha value is -4.59. The molecule has 2 N–H and O–H groups in total. The Labute approximate surface area is 200 Å². The SMILES string of the molecule is COc1ccc(/C=C2\Oc3c(ccc4c3[C@H](c3cccc(OCC(N)=O)c3)CC(=O)O4)C2=O)cc1. The predicted molar refractivity (Wildman–Crippen MR) is 126 cm³/mol. The summed E-state index contributed by atoms with van der Waals surface area (Å²) in [7, 11) is 1.58. The second-order valence-electron chi connectivity index (χ2n) is 8.13. The summed E-state index contributed by atoms with van der Waals surface area (Å²) in [6.45, 7) is -0.265. The monoisotopic (exact) mass is 471 g/mol. The number of allylic oxidation sites excluding steroid dienone is 1. The molecule has 8 nitrogen and oxygen atoms in total. The Balaban J connectivity index is 1.53. The fourth-order valence-corrected chi connectivity index (χ4v) is 4.22. The van der Waals surface area contributed by atoms with Crippen molar-refractivity contribution in [3.63, 3.8) is 0 Å². The molecule has 3 aromatic rings. The number of hydrogen-bond acceptors (Lipinski definition) is 7. The van der Waals surface area contributed by atoms with E-state index in [1.807, 2.05) is 18.2 Å². The molecule has 0 aromatic heterocycles. The van der Waals surface area contributed by atoms with Crippen LogP contribution in [-0.2, 0) is 9.59 Å². The number of primary amides is 1. The predicted octanol–water partition coefficient (Wildman–Crippen LogP) is 3.62. The molecule has 35 heavy (non-hydrogen) atoms.